The van der Waals surface area contributed by atoms with E-state index in [1.807, 2.05) is 6.92 Å². The van der Waals surface area contributed by atoms with Crippen LogP contribution in [-0.2, 0) is 0 Å². The molecule has 0 unspecified atom stereocenters. The summed E-state index contributed by atoms with van der Waals surface area (Å²) >= 11 is 0. The third-order valence-electron chi connectivity index (χ3n) is 2.18. The molecule has 13 heavy (non-hydrogen) atoms. The summed E-state index contributed by atoms with van der Waals surface area (Å²) in [6, 6.07) is 2.05. The Hall–Kier alpha value is -1.56. The van der Waals surface area contributed by atoms with Crippen molar-refractivity contribution in [1.29, 1.82) is 5.26 Å². The topological polar surface area (TPSA) is 48.2 Å². The summed E-state index contributed by atoms with van der Waals surface area (Å²) in [5, 5.41) is 11.7. The number of nitrogens with zero attached hydrogens (tertiary/aromatic N) is 2. The van der Waals surface area contributed by atoms with Gasteiger partial charge in [0.15, 0.2) is 0 Å². The van der Waals surface area contributed by atoms with Crippen molar-refractivity contribution in [3.63, 3.8) is 0 Å². The summed E-state index contributed by atoms with van der Waals surface area (Å²) in [4.78, 5) is 4.28. The average molecular weight is 173 g/mol. The monoisotopic (exact) mass is 173 g/mol. The molecule has 1 N–H and O–H groups in total. The Morgan fingerprint density at radius 1 is 1.54 bits per heavy atom. The summed E-state index contributed by atoms with van der Waals surface area (Å²) in [6.45, 7) is 1.95. The number of aliphatic imine (C=N–C) groups is 1. The van der Waals surface area contributed by atoms with Crippen molar-refractivity contribution in [3.8, 4) is 6.07 Å². The van der Waals surface area contributed by atoms with Crippen LogP contribution in [0.2, 0.25) is 0 Å². The summed E-state index contributed by atoms with van der Waals surface area (Å²) in [5.41, 5.74) is 3.50. The van der Waals surface area contributed by atoms with Crippen LogP contribution in [0, 0.1) is 11.3 Å². The number of amidine groups is 1. The molecule has 1 aliphatic heterocycles. The highest BCUT2D eigenvalue weighted by Gasteiger charge is 2.18. The van der Waals surface area contributed by atoms with E-state index in [1.54, 1.807) is 0 Å². The summed E-state index contributed by atoms with van der Waals surface area (Å²) in [5.74, 6) is 0.417. The second-order valence-corrected chi connectivity index (χ2v) is 3.34. The fourth-order valence-corrected chi connectivity index (χ4v) is 1.32. The number of nitriles is 1. The second-order valence-electron chi connectivity index (χ2n) is 3.34. The number of hydrogen-bond acceptors (Lipinski definition) is 3. The molecule has 0 aromatic heterocycles. The number of allylic oxidation sites excluding steroid dienone is 3. The molecule has 66 valence electrons. The van der Waals surface area contributed by atoms with Crippen LogP contribution in [-0.4, -0.2) is 5.84 Å². The van der Waals surface area contributed by atoms with E-state index in [-0.39, 0.29) is 0 Å². The van der Waals surface area contributed by atoms with Crippen molar-refractivity contribution in [2.75, 3.05) is 0 Å². The van der Waals surface area contributed by atoms with Crippen molar-refractivity contribution < 1.29 is 0 Å². The molecule has 1 aliphatic carbocycles. The minimum absolute atomic E-state index is 0.417. The number of rotatable bonds is 0. The van der Waals surface area contributed by atoms with Crippen LogP contribution >= 0.6 is 0 Å². The third kappa shape index (κ3) is 1.78. The van der Waals surface area contributed by atoms with Gasteiger partial charge >= 0.3 is 0 Å². The van der Waals surface area contributed by atoms with E-state index >= 15 is 0 Å². The van der Waals surface area contributed by atoms with E-state index < -0.39 is 0 Å². The Balaban J connectivity index is 2.34. The molecule has 0 spiro atoms. The molecule has 0 atom stereocenters. The molecule has 2 aliphatic rings. The lowest BCUT2D eigenvalue weighted by atomic mass is 10.2. The summed E-state index contributed by atoms with van der Waals surface area (Å²) < 4.78 is 0. The van der Waals surface area contributed by atoms with Gasteiger partial charge in [-0.3, -0.25) is 0 Å². The SMILES string of the molecule is CC1=CCC(=C2CC2)N=C(C#N)N1. The van der Waals surface area contributed by atoms with Crippen molar-refractivity contribution >= 4 is 5.84 Å². The molecule has 0 bridgehead atoms. The van der Waals surface area contributed by atoms with E-state index in [0.717, 1.165) is 30.7 Å². The van der Waals surface area contributed by atoms with Crippen molar-refractivity contribution in [1.82, 2.24) is 5.32 Å². The van der Waals surface area contributed by atoms with Crippen LogP contribution in [0.1, 0.15) is 26.2 Å². The third-order valence-corrected chi connectivity index (χ3v) is 2.18. The number of nitrogens with one attached hydrogen (secondary N) is 1. The standard InChI is InChI=1S/C10H11N3/c1-7-2-5-9(8-3-4-8)13-10(6-11)12-7/h2H,3-5H2,1H3,(H,12,13). The Morgan fingerprint density at radius 3 is 2.92 bits per heavy atom. The zero-order valence-corrected chi connectivity index (χ0v) is 7.59. The first kappa shape index (κ1) is 8.06. The first-order valence-electron chi connectivity index (χ1n) is 4.43. The van der Waals surface area contributed by atoms with Gasteiger partial charge in [-0.25, -0.2) is 4.99 Å². The zero-order chi connectivity index (χ0) is 9.26. The van der Waals surface area contributed by atoms with E-state index in [9.17, 15) is 0 Å². The fraction of sp³-hybridized carbons (Fsp3) is 0.400. The lowest BCUT2D eigenvalue weighted by Crippen LogP contribution is -2.18. The second kappa shape index (κ2) is 3.06. The molecule has 0 amide bonds. The minimum atomic E-state index is 0.417. The van der Waals surface area contributed by atoms with Gasteiger partial charge in [-0.15, -0.1) is 0 Å². The average Bonchev–Trinajstić information content (AvgIpc) is 2.90. The van der Waals surface area contributed by atoms with Gasteiger partial charge in [0.25, 0.3) is 0 Å². The summed E-state index contributed by atoms with van der Waals surface area (Å²) in [7, 11) is 0. The van der Waals surface area contributed by atoms with Gasteiger partial charge in [0.05, 0.1) is 0 Å². The number of hydrogen-bond donors (Lipinski definition) is 1. The Bertz CT molecular complexity index is 360. The molecule has 1 fully saturated rings. The first-order valence-corrected chi connectivity index (χ1v) is 4.43. The van der Waals surface area contributed by atoms with Crippen molar-refractivity contribution in [3.05, 3.63) is 23.0 Å². The van der Waals surface area contributed by atoms with Gasteiger partial charge in [0, 0.05) is 17.8 Å². The molecule has 0 aromatic carbocycles. The maximum Gasteiger partial charge on any atom is 0.210 e. The van der Waals surface area contributed by atoms with E-state index in [0.29, 0.717) is 5.84 Å². The normalized spacial score (nSPS) is 20.9. The van der Waals surface area contributed by atoms with Crippen LogP contribution < -0.4 is 5.32 Å². The van der Waals surface area contributed by atoms with Crippen LogP contribution in [0.4, 0.5) is 0 Å². The van der Waals surface area contributed by atoms with Gasteiger partial charge in [0.1, 0.15) is 6.07 Å². The van der Waals surface area contributed by atoms with Crippen molar-refractivity contribution in [2.24, 2.45) is 4.99 Å². The molecule has 1 heterocycles. The quantitative estimate of drug-likeness (QED) is 0.607. The van der Waals surface area contributed by atoms with Crippen LogP contribution in [0.15, 0.2) is 28.0 Å². The Kier molecular flexibility index (Phi) is 1.90. The maximum absolute atomic E-state index is 8.76. The fourth-order valence-electron chi connectivity index (χ4n) is 1.32. The van der Waals surface area contributed by atoms with E-state index in [2.05, 4.69) is 22.5 Å². The van der Waals surface area contributed by atoms with Crippen LogP contribution in [0.25, 0.3) is 0 Å². The maximum atomic E-state index is 8.76. The molecule has 0 radical (unpaired) electrons. The molecule has 1 saturated carbocycles. The smallest absolute Gasteiger partial charge is 0.210 e. The van der Waals surface area contributed by atoms with Crippen LogP contribution in [0.3, 0.4) is 0 Å². The summed E-state index contributed by atoms with van der Waals surface area (Å²) in [6.07, 6.45) is 5.25. The molecule has 0 aromatic rings. The van der Waals surface area contributed by atoms with Crippen molar-refractivity contribution in [2.45, 2.75) is 26.2 Å². The van der Waals surface area contributed by atoms with Gasteiger partial charge in [-0.05, 0) is 25.3 Å². The molecule has 3 heteroatoms. The lowest BCUT2D eigenvalue weighted by molar-refractivity contribution is 1.11. The largest absolute Gasteiger partial charge is 0.336 e. The lowest BCUT2D eigenvalue weighted by Gasteiger charge is -1.97. The molecule has 2 rings (SSSR count). The predicted octanol–water partition coefficient (Wildman–Crippen LogP) is 1.85. The zero-order valence-electron chi connectivity index (χ0n) is 7.59. The highest BCUT2D eigenvalue weighted by Crippen LogP contribution is 2.34. The highest BCUT2D eigenvalue weighted by molar-refractivity contribution is 5.98. The Labute approximate surface area is 77.5 Å². The first-order chi connectivity index (χ1) is 6.29. The molecular weight excluding hydrogens is 162 g/mol. The van der Waals surface area contributed by atoms with Gasteiger partial charge < -0.3 is 5.32 Å². The van der Waals surface area contributed by atoms with Gasteiger partial charge in [0.2, 0.25) is 5.84 Å². The highest BCUT2D eigenvalue weighted by atomic mass is 15.0. The van der Waals surface area contributed by atoms with E-state index in [1.165, 1.54) is 5.57 Å². The predicted molar refractivity (Wildman–Crippen MR) is 50.8 cm³/mol. The van der Waals surface area contributed by atoms with Crippen LogP contribution in [0.5, 0.6) is 0 Å². The Morgan fingerprint density at radius 2 is 2.31 bits per heavy atom. The minimum Gasteiger partial charge on any atom is -0.336 e. The van der Waals surface area contributed by atoms with E-state index in [4.69, 9.17) is 5.26 Å². The molecule has 3 nitrogen and oxygen atoms in total. The molecular formula is C10H11N3. The molecule has 0 saturated heterocycles. The van der Waals surface area contributed by atoms with Gasteiger partial charge in [-0.2, -0.15) is 5.26 Å². The van der Waals surface area contributed by atoms with Gasteiger partial charge in [-0.1, -0.05) is 6.08 Å².